The molecule has 0 radical (unpaired) electrons. The molecule has 0 saturated heterocycles. The molecule has 5 nitrogen and oxygen atoms in total. The number of ketones is 1. The van der Waals surface area contributed by atoms with Gasteiger partial charge in [-0.2, -0.15) is 0 Å². The van der Waals surface area contributed by atoms with Crippen molar-refractivity contribution >= 4 is 40.6 Å². The molecule has 2 aromatic rings. The highest BCUT2D eigenvalue weighted by Gasteiger charge is 2.17. The van der Waals surface area contributed by atoms with Crippen LogP contribution in [0.3, 0.4) is 0 Å². The van der Waals surface area contributed by atoms with Gasteiger partial charge in [0.2, 0.25) is 11.8 Å². The monoisotopic (exact) mass is 344 g/mol. The van der Waals surface area contributed by atoms with Gasteiger partial charge < -0.3 is 10.2 Å². The Hall–Kier alpha value is -2.66. The van der Waals surface area contributed by atoms with Gasteiger partial charge in [-0.05, 0) is 31.2 Å². The highest BCUT2D eigenvalue weighted by Crippen LogP contribution is 2.21. The Labute approximate surface area is 145 Å². The summed E-state index contributed by atoms with van der Waals surface area (Å²) in [5.41, 5.74) is 1.44. The number of anilines is 2. The molecular formula is C18H17ClN2O3. The van der Waals surface area contributed by atoms with E-state index in [1.165, 1.54) is 18.7 Å². The maximum absolute atomic E-state index is 12.2. The van der Waals surface area contributed by atoms with Crippen LogP contribution < -0.4 is 10.2 Å². The van der Waals surface area contributed by atoms with E-state index in [1.54, 1.807) is 48.5 Å². The van der Waals surface area contributed by atoms with Crippen LogP contribution in [0.15, 0.2) is 48.5 Å². The molecule has 6 heteroatoms. The van der Waals surface area contributed by atoms with E-state index in [-0.39, 0.29) is 24.1 Å². The highest BCUT2D eigenvalue weighted by molar-refractivity contribution is 6.33. The summed E-state index contributed by atoms with van der Waals surface area (Å²) in [7, 11) is 0. The number of carbonyl (C=O) groups excluding carboxylic acids is 3. The Morgan fingerprint density at radius 1 is 1.04 bits per heavy atom. The van der Waals surface area contributed by atoms with Gasteiger partial charge in [0.25, 0.3) is 0 Å². The first-order valence-electron chi connectivity index (χ1n) is 7.32. The summed E-state index contributed by atoms with van der Waals surface area (Å²) in [6, 6.07) is 13.4. The smallest absolute Gasteiger partial charge is 0.244 e. The third-order valence-corrected chi connectivity index (χ3v) is 3.72. The van der Waals surface area contributed by atoms with Crippen LogP contribution in [0, 0.1) is 0 Å². The van der Waals surface area contributed by atoms with Crippen molar-refractivity contribution in [2.24, 2.45) is 0 Å². The zero-order valence-electron chi connectivity index (χ0n) is 13.4. The molecule has 0 aliphatic rings. The largest absolute Gasteiger partial charge is 0.323 e. The van der Waals surface area contributed by atoms with Gasteiger partial charge in [-0.25, -0.2) is 0 Å². The first kappa shape index (κ1) is 17.7. The van der Waals surface area contributed by atoms with Crippen LogP contribution >= 0.6 is 11.6 Å². The van der Waals surface area contributed by atoms with Crippen LogP contribution in [0.2, 0.25) is 5.02 Å². The van der Waals surface area contributed by atoms with Crippen LogP contribution in [0.5, 0.6) is 0 Å². The second-order valence-electron chi connectivity index (χ2n) is 5.24. The lowest BCUT2D eigenvalue weighted by molar-refractivity contribution is -0.120. The van der Waals surface area contributed by atoms with E-state index in [9.17, 15) is 14.4 Å². The molecule has 2 aromatic carbocycles. The van der Waals surface area contributed by atoms with Crippen LogP contribution in [0.4, 0.5) is 11.4 Å². The maximum Gasteiger partial charge on any atom is 0.244 e. The summed E-state index contributed by atoms with van der Waals surface area (Å²) in [5.74, 6) is -0.794. The van der Waals surface area contributed by atoms with Crippen molar-refractivity contribution in [3.8, 4) is 0 Å². The lowest BCUT2D eigenvalue weighted by atomic mass is 10.1. The van der Waals surface area contributed by atoms with Crippen molar-refractivity contribution in [3.05, 3.63) is 59.1 Å². The molecule has 0 atom stereocenters. The summed E-state index contributed by atoms with van der Waals surface area (Å²) >= 11 is 6.01. The molecule has 0 fully saturated rings. The Bertz CT molecular complexity index is 789. The third kappa shape index (κ3) is 4.43. The van der Waals surface area contributed by atoms with Crippen molar-refractivity contribution in [1.29, 1.82) is 0 Å². The first-order chi connectivity index (χ1) is 11.4. The molecule has 0 heterocycles. The Balaban J connectivity index is 2.18. The van der Waals surface area contributed by atoms with Crippen LogP contribution in [-0.4, -0.2) is 24.1 Å². The minimum Gasteiger partial charge on any atom is -0.323 e. The second kappa shape index (κ2) is 7.75. The van der Waals surface area contributed by atoms with Gasteiger partial charge in [0, 0.05) is 18.2 Å². The average Bonchev–Trinajstić information content (AvgIpc) is 2.54. The predicted molar refractivity (Wildman–Crippen MR) is 94.6 cm³/mol. The van der Waals surface area contributed by atoms with Crippen molar-refractivity contribution in [2.45, 2.75) is 13.8 Å². The van der Waals surface area contributed by atoms with Crippen molar-refractivity contribution in [3.63, 3.8) is 0 Å². The molecule has 24 heavy (non-hydrogen) atoms. The topological polar surface area (TPSA) is 66.5 Å². The summed E-state index contributed by atoms with van der Waals surface area (Å²) in [6.45, 7) is 2.63. The average molecular weight is 345 g/mol. The van der Waals surface area contributed by atoms with Crippen molar-refractivity contribution < 1.29 is 14.4 Å². The number of hydrogen-bond acceptors (Lipinski definition) is 3. The molecule has 0 aromatic heterocycles. The zero-order valence-corrected chi connectivity index (χ0v) is 14.1. The minimum atomic E-state index is -0.383. The molecule has 0 bridgehead atoms. The second-order valence-corrected chi connectivity index (χ2v) is 5.65. The Morgan fingerprint density at radius 2 is 1.75 bits per heavy atom. The van der Waals surface area contributed by atoms with Crippen molar-refractivity contribution in [2.75, 3.05) is 16.8 Å². The number of hydrogen-bond donors (Lipinski definition) is 1. The number of halogens is 1. The Morgan fingerprint density at radius 3 is 2.38 bits per heavy atom. The van der Waals surface area contributed by atoms with E-state index >= 15 is 0 Å². The van der Waals surface area contributed by atoms with E-state index in [4.69, 9.17) is 11.6 Å². The van der Waals surface area contributed by atoms with Gasteiger partial charge in [-0.15, -0.1) is 0 Å². The molecule has 2 rings (SSSR count). The van der Waals surface area contributed by atoms with Gasteiger partial charge in [-0.3, -0.25) is 14.4 Å². The van der Waals surface area contributed by atoms with E-state index in [0.29, 0.717) is 22.0 Å². The van der Waals surface area contributed by atoms with Gasteiger partial charge >= 0.3 is 0 Å². The van der Waals surface area contributed by atoms with Gasteiger partial charge in [-0.1, -0.05) is 35.9 Å². The normalized spacial score (nSPS) is 10.1. The fourth-order valence-corrected chi connectivity index (χ4v) is 2.36. The number of para-hydroxylation sites is 1. The number of nitrogens with one attached hydrogen (secondary N) is 1. The van der Waals surface area contributed by atoms with Crippen LogP contribution in [0.25, 0.3) is 0 Å². The molecule has 1 N–H and O–H groups in total. The van der Waals surface area contributed by atoms with Crippen LogP contribution in [-0.2, 0) is 9.59 Å². The number of carbonyl (C=O) groups is 3. The van der Waals surface area contributed by atoms with Gasteiger partial charge in [0.05, 0.1) is 10.7 Å². The number of Topliss-reactive ketones (excluding diaryl/α,β-unsaturated/α-hetero) is 1. The van der Waals surface area contributed by atoms with Gasteiger partial charge in [0.15, 0.2) is 5.78 Å². The molecular weight excluding hydrogens is 328 g/mol. The Kier molecular flexibility index (Phi) is 5.71. The van der Waals surface area contributed by atoms with E-state index in [0.717, 1.165) is 0 Å². The summed E-state index contributed by atoms with van der Waals surface area (Å²) in [6.07, 6.45) is 0. The van der Waals surface area contributed by atoms with Crippen LogP contribution in [0.1, 0.15) is 24.2 Å². The summed E-state index contributed by atoms with van der Waals surface area (Å²) in [4.78, 5) is 37.0. The maximum atomic E-state index is 12.2. The number of amides is 2. The molecule has 124 valence electrons. The minimum absolute atomic E-state index is 0.110. The molecule has 0 saturated carbocycles. The molecule has 2 amide bonds. The van der Waals surface area contributed by atoms with E-state index in [1.807, 2.05) is 0 Å². The molecule has 0 aliphatic carbocycles. The van der Waals surface area contributed by atoms with E-state index in [2.05, 4.69) is 5.32 Å². The summed E-state index contributed by atoms with van der Waals surface area (Å²) < 4.78 is 0. The third-order valence-electron chi connectivity index (χ3n) is 3.39. The highest BCUT2D eigenvalue weighted by atomic mass is 35.5. The lowest BCUT2D eigenvalue weighted by Gasteiger charge is -2.21. The van der Waals surface area contributed by atoms with Gasteiger partial charge in [0.1, 0.15) is 6.54 Å². The molecule has 0 spiro atoms. The quantitative estimate of drug-likeness (QED) is 0.844. The summed E-state index contributed by atoms with van der Waals surface area (Å²) in [5, 5.41) is 3.09. The standard InChI is InChI=1S/C18H17ClN2O3/c1-12(22)14-6-5-7-15(10-14)21(13(2)23)11-18(24)20-17-9-4-3-8-16(17)19/h3-10H,11H2,1-2H3,(H,20,24). The van der Waals surface area contributed by atoms with Crippen molar-refractivity contribution in [1.82, 2.24) is 0 Å². The number of nitrogens with zero attached hydrogens (tertiary/aromatic N) is 1. The fraction of sp³-hybridized carbons (Fsp3) is 0.167. The fourth-order valence-electron chi connectivity index (χ4n) is 2.17. The zero-order chi connectivity index (χ0) is 17.7. The first-order valence-corrected chi connectivity index (χ1v) is 7.70. The molecule has 0 aliphatic heterocycles. The number of rotatable bonds is 5. The predicted octanol–water partition coefficient (Wildman–Crippen LogP) is 3.53. The number of benzene rings is 2. The van der Waals surface area contributed by atoms with E-state index < -0.39 is 0 Å². The SMILES string of the molecule is CC(=O)c1cccc(N(CC(=O)Nc2ccccc2Cl)C(C)=O)c1. The lowest BCUT2D eigenvalue weighted by Crippen LogP contribution is -2.36. The molecule has 0 unspecified atom stereocenters.